The molecule has 0 fully saturated rings. The van der Waals surface area contributed by atoms with E-state index in [9.17, 15) is 4.79 Å². The zero-order valence-electron chi connectivity index (χ0n) is 13.3. The van der Waals surface area contributed by atoms with Crippen LogP contribution in [0.4, 0.5) is 5.69 Å². The van der Waals surface area contributed by atoms with E-state index >= 15 is 0 Å². The summed E-state index contributed by atoms with van der Waals surface area (Å²) in [5, 5.41) is 0.522. The highest BCUT2D eigenvalue weighted by atomic mass is 35.5. The Balaban J connectivity index is 1.85. The standard InChI is InChI=1S/C19H20ClNO2/c1-3-17(23-18-11-7-5-9-15(18)20)19(22)21-13(2)12-14-8-4-6-10-16(14)21/h4-11,13,17H,3,12H2,1-2H3/t13-,17+/m0/s1. The van der Waals surface area contributed by atoms with Crippen LogP contribution in [0, 0.1) is 0 Å². The average molecular weight is 330 g/mol. The van der Waals surface area contributed by atoms with Gasteiger partial charge in [0.15, 0.2) is 6.10 Å². The van der Waals surface area contributed by atoms with Crippen molar-refractivity contribution < 1.29 is 9.53 Å². The normalized spacial score (nSPS) is 17.7. The number of nitrogens with zero attached hydrogens (tertiary/aromatic N) is 1. The molecule has 0 aromatic heterocycles. The van der Waals surface area contributed by atoms with Crippen molar-refractivity contribution >= 4 is 23.2 Å². The monoisotopic (exact) mass is 329 g/mol. The van der Waals surface area contributed by atoms with Crippen molar-refractivity contribution in [1.29, 1.82) is 0 Å². The molecular formula is C19H20ClNO2. The quantitative estimate of drug-likeness (QED) is 0.828. The first-order valence-electron chi connectivity index (χ1n) is 7.94. The smallest absolute Gasteiger partial charge is 0.268 e. The lowest BCUT2D eigenvalue weighted by molar-refractivity contribution is -0.125. The molecule has 0 saturated carbocycles. The van der Waals surface area contributed by atoms with Crippen molar-refractivity contribution in [1.82, 2.24) is 0 Å². The number of hydrogen-bond donors (Lipinski definition) is 0. The third-order valence-electron chi connectivity index (χ3n) is 4.20. The van der Waals surface area contributed by atoms with Crippen LogP contribution in [0.15, 0.2) is 48.5 Å². The molecule has 1 amide bonds. The number of anilines is 1. The SMILES string of the molecule is CC[C@@H](Oc1ccccc1Cl)C(=O)N1c2ccccc2C[C@@H]1C. The van der Waals surface area contributed by atoms with Crippen LogP contribution in [0.25, 0.3) is 0 Å². The molecule has 0 aliphatic carbocycles. The molecule has 3 rings (SSSR count). The van der Waals surface area contributed by atoms with Gasteiger partial charge in [0.05, 0.1) is 5.02 Å². The average Bonchev–Trinajstić information content (AvgIpc) is 2.89. The maximum Gasteiger partial charge on any atom is 0.268 e. The molecule has 2 aromatic rings. The van der Waals surface area contributed by atoms with E-state index in [4.69, 9.17) is 16.3 Å². The van der Waals surface area contributed by atoms with Gasteiger partial charge >= 0.3 is 0 Å². The Morgan fingerprint density at radius 3 is 2.70 bits per heavy atom. The number of fused-ring (bicyclic) bond motifs is 1. The second-order valence-corrected chi connectivity index (χ2v) is 6.24. The number of amides is 1. The van der Waals surface area contributed by atoms with Crippen LogP contribution in [0.5, 0.6) is 5.75 Å². The van der Waals surface area contributed by atoms with Gasteiger partial charge in [-0.1, -0.05) is 48.9 Å². The lowest BCUT2D eigenvalue weighted by Crippen LogP contribution is -2.44. The molecule has 120 valence electrons. The van der Waals surface area contributed by atoms with Gasteiger partial charge < -0.3 is 9.64 Å². The third-order valence-corrected chi connectivity index (χ3v) is 4.51. The van der Waals surface area contributed by atoms with E-state index in [0.29, 0.717) is 17.2 Å². The number of rotatable bonds is 4. The zero-order chi connectivity index (χ0) is 16.4. The Hall–Kier alpha value is -2.00. The summed E-state index contributed by atoms with van der Waals surface area (Å²) in [7, 11) is 0. The summed E-state index contributed by atoms with van der Waals surface area (Å²) in [6.45, 7) is 4.02. The predicted octanol–water partition coefficient (Wildman–Crippen LogP) is 4.48. The van der Waals surface area contributed by atoms with Gasteiger partial charge in [0, 0.05) is 11.7 Å². The molecule has 0 spiro atoms. The van der Waals surface area contributed by atoms with Crippen LogP contribution in [0.2, 0.25) is 5.02 Å². The Kier molecular flexibility index (Phi) is 4.58. The van der Waals surface area contributed by atoms with Gasteiger partial charge in [-0.15, -0.1) is 0 Å². The highest BCUT2D eigenvalue weighted by molar-refractivity contribution is 6.32. The van der Waals surface area contributed by atoms with Gasteiger partial charge in [0.1, 0.15) is 5.75 Å². The Labute approximate surface area is 141 Å². The number of hydrogen-bond acceptors (Lipinski definition) is 2. The number of benzene rings is 2. The van der Waals surface area contributed by atoms with E-state index in [1.165, 1.54) is 5.56 Å². The van der Waals surface area contributed by atoms with Crippen molar-refractivity contribution in [2.45, 2.75) is 38.8 Å². The van der Waals surface area contributed by atoms with Crippen molar-refractivity contribution in [3.05, 3.63) is 59.1 Å². The van der Waals surface area contributed by atoms with E-state index in [1.807, 2.05) is 42.2 Å². The third kappa shape index (κ3) is 3.06. The summed E-state index contributed by atoms with van der Waals surface area (Å²) in [5.74, 6) is 0.541. The van der Waals surface area contributed by atoms with Crippen molar-refractivity contribution in [3.63, 3.8) is 0 Å². The van der Waals surface area contributed by atoms with Gasteiger partial charge in [0.25, 0.3) is 5.91 Å². The van der Waals surface area contributed by atoms with E-state index in [1.54, 1.807) is 12.1 Å². The summed E-state index contributed by atoms with van der Waals surface area (Å²) in [5.41, 5.74) is 2.20. The fourth-order valence-corrected chi connectivity index (χ4v) is 3.24. The predicted molar refractivity (Wildman–Crippen MR) is 93.3 cm³/mol. The van der Waals surface area contributed by atoms with Gasteiger partial charge in [-0.3, -0.25) is 4.79 Å². The number of halogens is 1. The molecule has 3 nitrogen and oxygen atoms in total. The van der Waals surface area contributed by atoms with Crippen LogP contribution in [-0.4, -0.2) is 18.1 Å². The Morgan fingerprint density at radius 2 is 1.96 bits per heavy atom. The summed E-state index contributed by atoms with van der Waals surface area (Å²) in [6, 6.07) is 15.5. The van der Waals surface area contributed by atoms with Gasteiger partial charge in [0.2, 0.25) is 0 Å². The molecule has 2 aromatic carbocycles. The number of ether oxygens (including phenoxy) is 1. The molecule has 0 unspecified atom stereocenters. The minimum Gasteiger partial charge on any atom is -0.479 e. The topological polar surface area (TPSA) is 29.5 Å². The molecule has 0 N–H and O–H groups in total. The number of carbonyl (C=O) groups excluding carboxylic acids is 1. The highest BCUT2D eigenvalue weighted by Gasteiger charge is 2.35. The largest absolute Gasteiger partial charge is 0.479 e. The lowest BCUT2D eigenvalue weighted by Gasteiger charge is -2.27. The van der Waals surface area contributed by atoms with Gasteiger partial charge in [-0.05, 0) is 43.5 Å². The first-order valence-corrected chi connectivity index (χ1v) is 8.31. The molecular weight excluding hydrogens is 310 g/mol. The van der Waals surface area contributed by atoms with E-state index in [-0.39, 0.29) is 11.9 Å². The van der Waals surface area contributed by atoms with Crippen molar-refractivity contribution in [2.24, 2.45) is 0 Å². The molecule has 1 heterocycles. The fraction of sp³-hybridized carbons (Fsp3) is 0.316. The Bertz CT molecular complexity index is 716. The molecule has 23 heavy (non-hydrogen) atoms. The van der Waals surface area contributed by atoms with Crippen LogP contribution in [0.1, 0.15) is 25.8 Å². The Morgan fingerprint density at radius 1 is 1.26 bits per heavy atom. The van der Waals surface area contributed by atoms with Crippen molar-refractivity contribution in [2.75, 3.05) is 4.90 Å². The first kappa shape index (κ1) is 15.9. The summed E-state index contributed by atoms with van der Waals surface area (Å²) >= 11 is 6.15. The molecule has 0 saturated heterocycles. The highest BCUT2D eigenvalue weighted by Crippen LogP contribution is 2.33. The second kappa shape index (κ2) is 6.63. The van der Waals surface area contributed by atoms with E-state index in [2.05, 4.69) is 13.0 Å². The van der Waals surface area contributed by atoms with Gasteiger partial charge in [-0.2, -0.15) is 0 Å². The maximum atomic E-state index is 13.0. The van der Waals surface area contributed by atoms with Crippen molar-refractivity contribution in [3.8, 4) is 5.75 Å². The summed E-state index contributed by atoms with van der Waals surface area (Å²) in [4.78, 5) is 14.9. The minimum absolute atomic E-state index is 0.00938. The van der Waals surface area contributed by atoms with E-state index < -0.39 is 6.10 Å². The first-order chi connectivity index (χ1) is 11.1. The molecule has 1 aliphatic rings. The minimum atomic E-state index is -0.538. The number of carbonyl (C=O) groups is 1. The van der Waals surface area contributed by atoms with Crippen LogP contribution in [0.3, 0.4) is 0 Å². The molecule has 0 bridgehead atoms. The van der Waals surface area contributed by atoms with Crippen LogP contribution >= 0.6 is 11.6 Å². The molecule has 1 aliphatic heterocycles. The fourth-order valence-electron chi connectivity index (χ4n) is 3.06. The molecule has 2 atom stereocenters. The zero-order valence-corrected chi connectivity index (χ0v) is 14.1. The van der Waals surface area contributed by atoms with E-state index in [0.717, 1.165) is 12.1 Å². The maximum absolute atomic E-state index is 13.0. The second-order valence-electron chi connectivity index (χ2n) is 5.84. The van der Waals surface area contributed by atoms with Gasteiger partial charge in [-0.25, -0.2) is 0 Å². The number of para-hydroxylation sites is 2. The van der Waals surface area contributed by atoms with Crippen LogP contribution < -0.4 is 9.64 Å². The van der Waals surface area contributed by atoms with Crippen LogP contribution in [-0.2, 0) is 11.2 Å². The summed E-state index contributed by atoms with van der Waals surface area (Å²) in [6.07, 6.45) is 0.934. The summed E-state index contributed by atoms with van der Waals surface area (Å²) < 4.78 is 5.91. The lowest BCUT2D eigenvalue weighted by atomic mass is 10.1. The molecule has 4 heteroatoms. The molecule has 0 radical (unpaired) electrons.